The van der Waals surface area contributed by atoms with Crippen molar-refractivity contribution in [3.05, 3.63) is 53.7 Å². The number of aromatic nitrogens is 3. The summed E-state index contributed by atoms with van der Waals surface area (Å²) in [6.45, 7) is 7.57. The molecule has 0 aliphatic rings. The van der Waals surface area contributed by atoms with Gasteiger partial charge >= 0.3 is 5.97 Å². The molecule has 168 valence electrons. The van der Waals surface area contributed by atoms with Gasteiger partial charge in [0.05, 0.1) is 7.11 Å². The summed E-state index contributed by atoms with van der Waals surface area (Å²) in [5.41, 5.74) is 1.91. The van der Waals surface area contributed by atoms with Gasteiger partial charge in [0.1, 0.15) is 6.04 Å². The standard InChI is InChI=1S/C23H26N4O5/c1-6-18(28)31-20-17(30-5)10-11-24-19(20)22(29)25-14(4)23-26-21(27-32-23)16-9-7-8-15(12-16)13(2)3/h7-14H,6H2,1-5H3,(H,25,29)/t14-/m0/s1. The van der Waals surface area contributed by atoms with E-state index in [1.165, 1.54) is 19.4 Å². The molecule has 1 N–H and O–H groups in total. The molecular weight excluding hydrogens is 412 g/mol. The number of carbonyl (C=O) groups is 2. The molecule has 1 amide bonds. The number of methoxy groups -OCH3 is 1. The van der Waals surface area contributed by atoms with E-state index < -0.39 is 17.9 Å². The summed E-state index contributed by atoms with van der Waals surface area (Å²) in [6, 6.07) is 8.80. The summed E-state index contributed by atoms with van der Waals surface area (Å²) in [5.74, 6) is 0.137. The van der Waals surface area contributed by atoms with Crippen molar-refractivity contribution in [1.82, 2.24) is 20.4 Å². The highest BCUT2D eigenvalue weighted by Gasteiger charge is 2.24. The molecule has 0 saturated carbocycles. The average molecular weight is 438 g/mol. The van der Waals surface area contributed by atoms with Gasteiger partial charge in [-0.25, -0.2) is 4.98 Å². The minimum absolute atomic E-state index is 0.0386. The Morgan fingerprint density at radius 2 is 1.97 bits per heavy atom. The molecule has 0 fully saturated rings. The summed E-state index contributed by atoms with van der Waals surface area (Å²) in [4.78, 5) is 33.2. The van der Waals surface area contributed by atoms with E-state index in [1.807, 2.05) is 24.3 Å². The topological polar surface area (TPSA) is 116 Å². The predicted octanol–water partition coefficient (Wildman–Crippen LogP) is 4.07. The largest absolute Gasteiger partial charge is 0.493 e. The van der Waals surface area contributed by atoms with Crippen molar-refractivity contribution in [2.45, 2.75) is 46.1 Å². The molecule has 2 heterocycles. The van der Waals surface area contributed by atoms with Gasteiger partial charge in [-0.1, -0.05) is 44.1 Å². The monoisotopic (exact) mass is 438 g/mol. The highest BCUT2D eigenvalue weighted by molar-refractivity contribution is 5.96. The molecule has 0 spiro atoms. The van der Waals surface area contributed by atoms with E-state index in [0.717, 1.165) is 11.1 Å². The number of ether oxygens (including phenoxy) is 2. The first-order chi connectivity index (χ1) is 15.3. The first kappa shape index (κ1) is 22.9. The maximum Gasteiger partial charge on any atom is 0.311 e. The molecule has 0 radical (unpaired) electrons. The summed E-state index contributed by atoms with van der Waals surface area (Å²) >= 11 is 0. The zero-order valence-electron chi connectivity index (χ0n) is 18.7. The highest BCUT2D eigenvalue weighted by atomic mass is 16.6. The third-order valence-electron chi connectivity index (χ3n) is 4.78. The van der Waals surface area contributed by atoms with Gasteiger partial charge in [-0.3, -0.25) is 9.59 Å². The molecule has 0 saturated heterocycles. The molecule has 2 aromatic heterocycles. The lowest BCUT2D eigenvalue weighted by Crippen LogP contribution is -2.28. The maximum atomic E-state index is 12.9. The second-order valence-corrected chi connectivity index (χ2v) is 7.45. The van der Waals surface area contributed by atoms with E-state index in [1.54, 1.807) is 13.8 Å². The van der Waals surface area contributed by atoms with Crippen LogP contribution in [0.15, 0.2) is 41.1 Å². The fourth-order valence-electron chi connectivity index (χ4n) is 2.93. The van der Waals surface area contributed by atoms with Crippen molar-refractivity contribution >= 4 is 11.9 Å². The Kier molecular flexibility index (Phi) is 7.19. The number of hydrogen-bond acceptors (Lipinski definition) is 8. The van der Waals surface area contributed by atoms with Gasteiger partial charge in [-0.15, -0.1) is 0 Å². The smallest absolute Gasteiger partial charge is 0.311 e. The Balaban J connectivity index is 1.80. The quantitative estimate of drug-likeness (QED) is 0.523. The van der Waals surface area contributed by atoms with Crippen LogP contribution in [0.3, 0.4) is 0 Å². The first-order valence-electron chi connectivity index (χ1n) is 10.3. The lowest BCUT2D eigenvalue weighted by atomic mass is 10.0. The third kappa shape index (κ3) is 5.11. The van der Waals surface area contributed by atoms with E-state index in [0.29, 0.717) is 11.7 Å². The molecule has 0 bridgehead atoms. The zero-order valence-corrected chi connectivity index (χ0v) is 18.7. The molecule has 0 unspecified atom stereocenters. The van der Waals surface area contributed by atoms with Gasteiger partial charge in [0.25, 0.3) is 5.91 Å². The Morgan fingerprint density at radius 3 is 2.66 bits per heavy atom. The van der Waals surface area contributed by atoms with Gasteiger partial charge in [0, 0.05) is 24.2 Å². The van der Waals surface area contributed by atoms with Crippen molar-refractivity contribution in [1.29, 1.82) is 0 Å². The Morgan fingerprint density at radius 1 is 1.19 bits per heavy atom. The van der Waals surface area contributed by atoms with Crippen LogP contribution < -0.4 is 14.8 Å². The average Bonchev–Trinajstić information content (AvgIpc) is 3.29. The van der Waals surface area contributed by atoms with Gasteiger partial charge in [-0.2, -0.15) is 4.98 Å². The number of hydrogen-bond donors (Lipinski definition) is 1. The van der Waals surface area contributed by atoms with Crippen LogP contribution in [0.4, 0.5) is 0 Å². The van der Waals surface area contributed by atoms with E-state index >= 15 is 0 Å². The minimum atomic E-state index is -0.611. The van der Waals surface area contributed by atoms with E-state index in [-0.39, 0.29) is 29.5 Å². The maximum absolute atomic E-state index is 12.9. The van der Waals surface area contributed by atoms with Crippen LogP contribution in [0, 0.1) is 0 Å². The molecule has 0 aliphatic carbocycles. The van der Waals surface area contributed by atoms with Gasteiger partial charge in [0.2, 0.25) is 17.5 Å². The zero-order chi connectivity index (χ0) is 23.3. The number of esters is 1. The number of amides is 1. The lowest BCUT2D eigenvalue weighted by Gasteiger charge is -2.14. The van der Waals surface area contributed by atoms with Gasteiger partial charge < -0.3 is 19.3 Å². The Labute approximate surface area is 186 Å². The molecule has 1 aromatic carbocycles. The number of nitrogens with one attached hydrogen (secondary N) is 1. The van der Waals surface area contributed by atoms with Crippen molar-refractivity contribution in [3.8, 4) is 22.9 Å². The van der Waals surface area contributed by atoms with Gasteiger partial charge in [-0.05, 0) is 24.5 Å². The highest BCUT2D eigenvalue weighted by Crippen LogP contribution is 2.30. The molecule has 9 heteroatoms. The Bertz CT molecular complexity index is 1110. The number of benzene rings is 1. The van der Waals surface area contributed by atoms with E-state index in [9.17, 15) is 9.59 Å². The van der Waals surface area contributed by atoms with Crippen molar-refractivity contribution in [2.75, 3.05) is 7.11 Å². The van der Waals surface area contributed by atoms with Crippen LogP contribution in [0.25, 0.3) is 11.4 Å². The van der Waals surface area contributed by atoms with Crippen LogP contribution in [0.1, 0.15) is 68.0 Å². The SMILES string of the molecule is CCC(=O)Oc1c(OC)ccnc1C(=O)N[C@@H](C)c1nc(-c2cccc(C(C)C)c2)no1. The summed E-state index contributed by atoms with van der Waals surface area (Å²) in [7, 11) is 1.41. The molecule has 3 aromatic rings. The van der Waals surface area contributed by atoms with Crippen LogP contribution in [0.5, 0.6) is 11.5 Å². The number of rotatable bonds is 8. The summed E-state index contributed by atoms with van der Waals surface area (Å²) in [5, 5.41) is 6.79. The molecule has 32 heavy (non-hydrogen) atoms. The van der Waals surface area contributed by atoms with E-state index in [4.69, 9.17) is 14.0 Å². The third-order valence-corrected chi connectivity index (χ3v) is 4.78. The second kappa shape index (κ2) is 10.0. The fourth-order valence-corrected chi connectivity index (χ4v) is 2.93. The van der Waals surface area contributed by atoms with Crippen LogP contribution >= 0.6 is 0 Å². The van der Waals surface area contributed by atoms with Crippen molar-refractivity contribution < 1.29 is 23.6 Å². The normalized spacial score (nSPS) is 11.8. The molecule has 9 nitrogen and oxygen atoms in total. The first-order valence-corrected chi connectivity index (χ1v) is 10.3. The number of nitrogens with zero attached hydrogens (tertiary/aromatic N) is 3. The minimum Gasteiger partial charge on any atom is -0.493 e. The molecule has 1 atom stereocenters. The number of pyridine rings is 1. The second-order valence-electron chi connectivity index (χ2n) is 7.45. The van der Waals surface area contributed by atoms with Crippen LogP contribution in [-0.2, 0) is 4.79 Å². The van der Waals surface area contributed by atoms with Gasteiger partial charge in [0.15, 0.2) is 11.4 Å². The Hall–Kier alpha value is -3.75. The van der Waals surface area contributed by atoms with Crippen LogP contribution in [0.2, 0.25) is 0 Å². The van der Waals surface area contributed by atoms with Crippen molar-refractivity contribution in [3.63, 3.8) is 0 Å². The summed E-state index contributed by atoms with van der Waals surface area (Å²) < 4.78 is 15.9. The molecular formula is C23H26N4O5. The summed E-state index contributed by atoms with van der Waals surface area (Å²) in [6.07, 6.45) is 1.53. The number of carbonyl (C=O) groups excluding carboxylic acids is 2. The molecule has 3 rings (SSSR count). The van der Waals surface area contributed by atoms with Crippen molar-refractivity contribution in [2.24, 2.45) is 0 Å². The molecule has 0 aliphatic heterocycles. The van der Waals surface area contributed by atoms with Crippen LogP contribution in [-0.4, -0.2) is 34.1 Å². The van der Waals surface area contributed by atoms with E-state index in [2.05, 4.69) is 34.3 Å². The lowest BCUT2D eigenvalue weighted by molar-refractivity contribution is -0.134. The predicted molar refractivity (Wildman–Crippen MR) is 116 cm³/mol. The fraction of sp³-hybridized carbons (Fsp3) is 0.348.